The topological polar surface area (TPSA) is 30.7 Å². The van der Waals surface area contributed by atoms with Crippen LogP contribution in [0.5, 0.6) is 0 Å². The molecule has 2 aromatic carbocycles. The van der Waals surface area contributed by atoms with E-state index in [0.717, 1.165) is 16.4 Å². The van der Waals surface area contributed by atoms with Crippen LogP contribution in [0.3, 0.4) is 0 Å². The van der Waals surface area contributed by atoms with Crippen molar-refractivity contribution in [3.63, 3.8) is 0 Å². The molecular weight excluding hydrogens is 337 g/mol. The summed E-state index contributed by atoms with van der Waals surface area (Å²) in [6, 6.07) is 13.6. The molecule has 22 heavy (non-hydrogen) atoms. The number of hydrogen-bond donors (Lipinski definition) is 0. The molecular formula is C16H13Cl2N3S. The van der Waals surface area contributed by atoms with Crippen molar-refractivity contribution < 1.29 is 0 Å². The highest BCUT2D eigenvalue weighted by Crippen LogP contribution is 2.32. The standard InChI is InChI=1S/C16H13Cl2N3S/c1-10-3-6-12(7-4-10)21-15(19-20-16(21)22-2)13-8-5-11(17)9-14(13)18/h3-9H,1-2H3. The van der Waals surface area contributed by atoms with E-state index in [2.05, 4.69) is 29.3 Å². The molecule has 1 aromatic heterocycles. The zero-order valence-corrected chi connectivity index (χ0v) is 14.4. The molecule has 0 saturated carbocycles. The summed E-state index contributed by atoms with van der Waals surface area (Å²) in [6.45, 7) is 2.06. The first-order valence-electron chi connectivity index (χ1n) is 6.62. The van der Waals surface area contributed by atoms with Crippen LogP contribution in [0.15, 0.2) is 47.6 Å². The van der Waals surface area contributed by atoms with Crippen molar-refractivity contribution in [2.45, 2.75) is 12.1 Å². The number of aryl methyl sites for hydroxylation is 1. The van der Waals surface area contributed by atoms with E-state index < -0.39 is 0 Å². The van der Waals surface area contributed by atoms with E-state index in [-0.39, 0.29) is 0 Å². The number of rotatable bonds is 3. The first-order chi connectivity index (χ1) is 10.6. The van der Waals surface area contributed by atoms with Gasteiger partial charge in [-0.2, -0.15) is 0 Å². The summed E-state index contributed by atoms with van der Waals surface area (Å²) in [6.07, 6.45) is 1.97. The minimum atomic E-state index is 0.556. The third-order valence-corrected chi connectivity index (χ3v) is 4.46. The minimum Gasteiger partial charge on any atom is -0.270 e. The Balaban J connectivity index is 2.21. The number of thioether (sulfide) groups is 1. The highest BCUT2D eigenvalue weighted by atomic mass is 35.5. The number of nitrogens with zero attached hydrogens (tertiary/aromatic N) is 3. The molecule has 0 atom stereocenters. The number of aromatic nitrogens is 3. The molecule has 0 spiro atoms. The van der Waals surface area contributed by atoms with Gasteiger partial charge in [0.25, 0.3) is 0 Å². The Bertz CT molecular complexity index is 813. The van der Waals surface area contributed by atoms with Crippen molar-refractivity contribution in [2.75, 3.05) is 6.26 Å². The van der Waals surface area contributed by atoms with Crippen molar-refractivity contribution in [1.82, 2.24) is 14.8 Å². The van der Waals surface area contributed by atoms with Gasteiger partial charge in [0.05, 0.1) is 5.02 Å². The third-order valence-electron chi connectivity index (χ3n) is 3.28. The van der Waals surface area contributed by atoms with E-state index in [1.807, 2.05) is 29.0 Å². The quantitative estimate of drug-likeness (QED) is 0.603. The molecule has 0 aliphatic heterocycles. The summed E-state index contributed by atoms with van der Waals surface area (Å²) < 4.78 is 2.00. The first-order valence-corrected chi connectivity index (χ1v) is 8.60. The van der Waals surface area contributed by atoms with Gasteiger partial charge in [-0.3, -0.25) is 4.57 Å². The molecule has 0 unspecified atom stereocenters. The predicted molar refractivity (Wildman–Crippen MR) is 93.3 cm³/mol. The molecule has 0 fully saturated rings. The second-order valence-electron chi connectivity index (χ2n) is 4.81. The molecule has 0 N–H and O–H groups in total. The molecule has 0 amide bonds. The molecule has 3 rings (SSSR count). The van der Waals surface area contributed by atoms with Gasteiger partial charge in [0.2, 0.25) is 0 Å². The lowest BCUT2D eigenvalue weighted by Gasteiger charge is -2.11. The van der Waals surface area contributed by atoms with E-state index in [9.17, 15) is 0 Å². The van der Waals surface area contributed by atoms with Crippen LogP contribution in [0.2, 0.25) is 10.0 Å². The van der Waals surface area contributed by atoms with Gasteiger partial charge in [0.1, 0.15) is 0 Å². The summed E-state index contributed by atoms with van der Waals surface area (Å²) in [5, 5.41) is 10.5. The fourth-order valence-electron chi connectivity index (χ4n) is 2.17. The van der Waals surface area contributed by atoms with Crippen LogP contribution in [-0.4, -0.2) is 21.0 Å². The van der Waals surface area contributed by atoms with Crippen molar-refractivity contribution in [3.05, 3.63) is 58.1 Å². The van der Waals surface area contributed by atoms with Gasteiger partial charge in [-0.05, 0) is 43.5 Å². The summed E-state index contributed by atoms with van der Waals surface area (Å²) >= 11 is 13.8. The van der Waals surface area contributed by atoms with E-state index in [4.69, 9.17) is 23.2 Å². The molecule has 0 radical (unpaired) electrons. The van der Waals surface area contributed by atoms with Gasteiger partial charge in [-0.25, -0.2) is 0 Å². The van der Waals surface area contributed by atoms with E-state index >= 15 is 0 Å². The maximum Gasteiger partial charge on any atom is 0.195 e. The third kappa shape index (κ3) is 2.86. The molecule has 3 aromatic rings. The van der Waals surface area contributed by atoms with Gasteiger partial charge < -0.3 is 0 Å². The van der Waals surface area contributed by atoms with E-state index in [1.54, 1.807) is 12.1 Å². The van der Waals surface area contributed by atoms with E-state index in [0.29, 0.717) is 15.9 Å². The van der Waals surface area contributed by atoms with Crippen molar-refractivity contribution >= 4 is 35.0 Å². The van der Waals surface area contributed by atoms with Crippen molar-refractivity contribution in [2.24, 2.45) is 0 Å². The maximum atomic E-state index is 6.33. The average molecular weight is 350 g/mol. The Kier molecular flexibility index (Phi) is 4.43. The minimum absolute atomic E-state index is 0.556. The number of benzene rings is 2. The smallest absolute Gasteiger partial charge is 0.195 e. The Labute approximate surface area is 143 Å². The fourth-order valence-corrected chi connectivity index (χ4v) is 3.16. The lowest BCUT2D eigenvalue weighted by atomic mass is 10.2. The zero-order valence-electron chi connectivity index (χ0n) is 12.0. The van der Waals surface area contributed by atoms with Crippen molar-refractivity contribution in [1.29, 1.82) is 0 Å². The van der Waals surface area contributed by atoms with Gasteiger partial charge in [0.15, 0.2) is 11.0 Å². The molecule has 0 aliphatic carbocycles. The van der Waals surface area contributed by atoms with Crippen LogP contribution in [0.4, 0.5) is 0 Å². The molecule has 1 heterocycles. The molecule has 6 heteroatoms. The Hall–Kier alpha value is -1.49. The Morgan fingerprint density at radius 3 is 2.36 bits per heavy atom. The lowest BCUT2D eigenvalue weighted by molar-refractivity contribution is 0.888. The second kappa shape index (κ2) is 6.32. The Morgan fingerprint density at radius 1 is 1.00 bits per heavy atom. The normalized spacial score (nSPS) is 10.9. The van der Waals surface area contributed by atoms with Crippen LogP contribution < -0.4 is 0 Å². The SMILES string of the molecule is CSc1nnc(-c2ccc(Cl)cc2Cl)n1-c1ccc(C)cc1. The van der Waals surface area contributed by atoms with Crippen LogP contribution in [-0.2, 0) is 0 Å². The summed E-state index contributed by atoms with van der Waals surface area (Å²) in [5.74, 6) is 0.704. The maximum absolute atomic E-state index is 6.33. The average Bonchev–Trinajstić information content (AvgIpc) is 2.92. The van der Waals surface area contributed by atoms with E-state index in [1.165, 1.54) is 17.3 Å². The summed E-state index contributed by atoms with van der Waals surface area (Å²) in [7, 11) is 0. The summed E-state index contributed by atoms with van der Waals surface area (Å²) in [4.78, 5) is 0. The molecule has 3 nitrogen and oxygen atoms in total. The van der Waals surface area contributed by atoms with Crippen LogP contribution in [0.25, 0.3) is 17.1 Å². The fraction of sp³-hybridized carbons (Fsp3) is 0.125. The van der Waals surface area contributed by atoms with Crippen molar-refractivity contribution in [3.8, 4) is 17.1 Å². The Morgan fingerprint density at radius 2 is 1.73 bits per heavy atom. The predicted octanol–water partition coefficient (Wildman–Crippen LogP) is 5.27. The van der Waals surface area contributed by atoms with Gasteiger partial charge in [-0.15, -0.1) is 10.2 Å². The first kappa shape index (κ1) is 15.4. The van der Waals surface area contributed by atoms with Crippen LogP contribution in [0, 0.1) is 6.92 Å². The molecule has 0 aliphatic rings. The second-order valence-corrected chi connectivity index (χ2v) is 6.42. The largest absolute Gasteiger partial charge is 0.270 e. The number of halogens is 2. The molecule has 0 saturated heterocycles. The van der Waals surface area contributed by atoms with Gasteiger partial charge in [-0.1, -0.05) is 52.7 Å². The zero-order chi connectivity index (χ0) is 15.7. The summed E-state index contributed by atoms with van der Waals surface area (Å²) in [5.41, 5.74) is 3.01. The molecule has 112 valence electrons. The van der Waals surface area contributed by atoms with Gasteiger partial charge >= 0.3 is 0 Å². The van der Waals surface area contributed by atoms with Gasteiger partial charge in [0, 0.05) is 16.3 Å². The molecule has 0 bridgehead atoms. The number of hydrogen-bond acceptors (Lipinski definition) is 3. The highest BCUT2D eigenvalue weighted by molar-refractivity contribution is 7.98. The van der Waals surface area contributed by atoms with Crippen LogP contribution >= 0.6 is 35.0 Å². The monoisotopic (exact) mass is 349 g/mol. The highest BCUT2D eigenvalue weighted by Gasteiger charge is 2.17. The van der Waals surface area contributed by atoms with Crippen LogP contribution in [0.1, 0.15) is 5.56 Å². The lowest BCUT2D eigenvalue weighted by Crippen LogP contribution is -1.99.